The number of allylic oxidation sites excluding steroid dienone is 2. The largest absolute Gasteiger partial charge is 0.507 e. The Morgan fingerprint density at radius 2 is 2.07 bits per heavy atom. The van der Waals surface area contributed by atoms with E-state index in [2.05, 4.69) is 33.8 Å². The number of ketones is 1. The zero-order chi connectivity index (χ0) is 21.1. The highest BCUT2D eigenvalue weighted by molar-refractivity contribution is 5.83. The van der Waals surface area contributed by atoms with Crippen molar-refractivity contribution in [1.82, 2.24) is 0 Å². The third-order valence-corrected chi connectivity index (χ3v) is 7.08. The summed E-state index contributed by atoms with van der Waals surface area (Å²) >= 11 is 0. The fourth-order valence-electron chi connectivity index (χ4n) is 4.36. The molecule has 4 heteroatoms. The number of phenols is 1. The van der Waals surface area contributed by atoms with Gasteiger partial charge < -0.3 is 9.84 Å². The second-order valence-corrected chi connectivity index (χ2v) is 8.64. The van der Waals surface area contributed by atoms with Crippen molar-refractivity contribution in [3.8, 4) is 11.5 Å². The number of rotatable bonds is 7. The van der Waals surface area contributed by atoms with Crippen LogP contribution in [0.15, 0.2) is 17.7 Å². The molecule has 1 aliphatic carbocycles. The Bertz CT molecular complexity index is 777. The topological polar surface area (TPSA) is 63.6 Å². The summed E-state index contributed by atoms with van der Waals surface area (Å²) in [5, 5.41) is 10.5. The molecule has 1 N–H and O–H groups in total. The Morgan fingerprint density at radius 3 is 2.68 bits per heavy atom. The average molecular weight is 387 g/mol. The van der Waals surface area contributed by atoms with Gasteiger partial charge in [-0.1, -0.05) is 32.4 Å². The van der Waals surface area contributed by atoms with Crippen molar-refractivity contribution in [3.05, 3.63) is 34.4 Å². The van der Waals surface area contributed by atoms with Crippen molar-refractivity contribution in [2.24, 2.45) is 17.3 Å². The van der Waals surface area contributed by atoms with E-state index in [1.54, 1.807) is 20.1 Å². The molecule has 0 radical (unpaired) electrons. The zero-order valence-corrected chi connectivity index (χ0v) is 18.1. The Kier molecular flexibility index (Phi) is 7.08. The molecule has 2 rings (SSSR count). The SMILES string of the molecule is COc1cc(C)c(C=O)c(O)c1C/C=C(\C)CCC1(C)C(C)CCC(=O)C1C. The molecule has 0 bridgehead atoms. The Hall–Kier alpha value is -2.10. The number of hydrogen-bond acceptors (Lipinski definition) is 4. The standard InChI is InChI=1S/C24H34O4/c1-15(11-12-24(5)17(3)8-10-21(26)18(24)4)7-9-19-22(28-6)13-16(2)20(14-25)23(19)27/h7,13-14,17-18,27H,8-12H2,1-6H3/b15-7+. The Morgan fingerprint density at radius 1 is 1.39 bits per heavy atom. The zero-order valence-electron chi connectivity index (χ0n) is 18.1. The van der Waals surface area contributed by atoms with Crippen molar-refractivity contribution in [2.75, 3.05) is 7.11 Å². The number of phenolic OH excluding ortho intramolecular Hbond substituents is 1. The molecule has 1 fully saturated rings. The summed E-state index contributed by atoms with van der Waals surface area (Å²) in [7, 11) is 1.57. The number of benzene rings is 1. The lowest BCUT2D eigenvalue weighted by molar-refractivity contribution is -0.132. The highest BCUT2D eigenvalue weighted by atomic mass is 16.5. The van der Waals surface area contributed by atoms with Gasteiger partial charge in [0.15, 0.2) is 6.29 Å². The first-order valence-corrected chi connectivity index (χ1v) is 10.2. The molecule has 4 nitrogen and oxygen atoms in total. The quantitative estimate of drug-likeness (QED) is 0.501. The number of ether oxygens (including phenoxy) is 1. The molecule has 154 valence electrons. The van der Waals surface area contributed by atoms with Crippen LogP contribution in [0, 0.1) is 24.2 Å². The van der Waals surface area contributed by atoms with Gasteiger partial charge in [-0.15, -0.1) is 0 Å². The molecule has 3 unspecified atom stereocenters. The van der Waals surface area contributed by atoms with E-state index in [0.29, 0.717) is 53.3 Å². The number of carbonyl (C=O) groups is 2. The van der Waals surface area contributed by atoms with Crippen molar-refractivity contribution in [3.63, 3.8) is 0 Å². The minimum atomic E-state index is 0.00276. The molecule has 0 amide bonds. The molecular formula is C24H34O4. The summed E-state index contributed by atoms with van der Waals surface area (Å²) in [5.41, 5.74) is 2.90. The molecule has 0 aromatic heterocycles. The molecule has 1 saturated carbocycles. The van der Waals surface area contributed by atoms with Crippen molar-refractivity contribution in [2.45, 2.75) is 66.7 Å². The van der Waals surface area contributed by atoms with Gasteiger partial charge in [0.1, 0.15) is 17.3 Å². The Labute approximate surface area is 169 Å². The first kappa shape index (κ1) is 22.2. The summed E-state index contributed by atoms with van der Waals surface area (Å²) in [5.74, 6) is 1.61. The molecule has 0 saturated heterocycles. The fourth-order valence-corrected chi connectivity index (χ4v) is 4.36. The normalized spacial score (nSPS) is 25.6. The van der Waals surface area contributed by atoms with Gasteiger partial charge in [-0.25, -0.2) is 0 Å². The molecule has 1 aromatic rings. The lowest BCUT2D eigenvalue weighted by Gasteiger charge is -2.44. The molecule has 3 atom stereocenters. The smallest absolute Gasteiger partial charge is 0.154 e. The van der Waals surface area contributed by atoms with Gasteiger partial charge in [-0.05, 0) is 62.5 Å². The van der Waals surface area contributed by atoms with Crippen LogP contribution in [-0.2, 0) is 11.2 Å². The summed E-state index contributed by atoms with van der Waals surface area (Å²) in [6.45, 7) is 10.5. The molecular weight excluding hydrogens is 352 g/mol. The van der Waals surface area contributed by atoms with E-state index in [-0.39, 0.29) is 17.1 Å². The monoisotopic (exact) mass is 386 g/mol. The second-order valence-electron chi connectivity index (χ2n) is 8.64. The predicted octanol–water partition coefficient (Wildman–Crippen LogP) is 5.43. The van der Waals surface area contributed by atoms with E-state index in [1.165, 1.54) is 5.57 Å². The van der Waals surface area contributed by atoms with E-state index >= 15 is 0 Å². The molecule has 1 aromatic carbocycles. The van der Waals surface area contributed by atoms with Crippen LogP contribution in [0.3, 0.4) is 0 Å². The van der Waals surface area contributed by atoms with Gasteiger partial charge in [0.05, 0.1) is 12.7 Å². The van der Waals surface area contributed by atoms with E-state index < -0.39 is 0 Å². The first-order valence-electron chi connectivity index (χ1n) is 10.2. The van der Waals surface area contributed by atoms with Crippen molar-refractivity contribution < 1.29 is 19.4 Å². The van der Waals surface area contributed by atoms with Gasteiger partial charge in [-0.3, -0.25) is 9.59 Å². The number of Topliss-reactive ketones (excluding diaryl/α,β-unsaturated/α-hetero) is 1. The van der Waals surface area contributed by atoms with E-state index in [1.807, 2.05) is 0 Å². The molecule has 0 aliphatic heterocycles. The summed E-state index contributed by atoms with van der Waals surface area (Å²) in [6, 6.07) is 1.79. The number of aldehydes is 1. The fraction of sp³-hybridized carbons (Fsp3) is 0.583. The third kappa shape index (κ3) is 4.31. The first-order chi connectivity index (χ1) is 13.2. The summed E-state index contributed by atoms with van der Waals surface area (Å²) in [4.78, 5) is 23.5. The third-order valence-electron chi connectivity index (χ3n) is 7.08. The van der Waals surface area contributed by atoms with Gasteiger partial charge in [0, 0.05) is 17.9 Å². The summed E-state index contributed by atoms with van der Waals surface area (Å²) < 4.78 is 5.41. The van der Waals surface area contributed by atoms with E-state index in [4.69, 9.17) is 4.74 Å². The van der Waals surface area contributed by atoms with Gasteiger partial charge in [0.2, 0.25) is 0 Å². The van der Waals surface area contributed by atoms with Crippen LogP contribution in [0.5, 0.6) is 11.5 Å². The van der Waals surface area contributed by atoms with Gasteiger partial charge in [-0.2, -0.15) is 0 Å². The lowest BCUT2D eigenvalue weighted by atomic mass is 9.59. The summed E-state index contributed by atoms with van der Waals surface area (Å²) in [6.07, 6.45) is 6.85. The molecule has 0 spiro atoms. The maximum atomic E-state index is 12.2. The van der Waals surface area contributed by atoms with Crippen LogP contribution in [-0.4, -0.2) is 24.3 Å². The van der Waals surface area contributed by atoms with Crippen LogP contribution in [0.2, 0.25) is 0 Å². The minimum absolute atomic E-state index is 0.00276. The highest BCUT2D eigenvalue weighted by Crippen LogP contribution is 2.47. The molecule has 28 heavy (non-hydrogen) atoms. The number of aryl methyl sites for hydroxylation is 1. The van der Waals surface area contributed by atoms with Crippen LogP contribution in [0.1, 0.15) is 74.9 Å². The minimum Gasteiger partial charge on any atom is -0.507 e. The van der Waals surface area contributed by atoms with Gasteiger partial charge in [0.25, 0.3) is 0 Å². The van der Waals surface area contributed by atoms with Crippen LogP contribution in [0.4, 0.5) is 0 Å². The number of aromatic hydroxyl groups is 1. The Balaban J connectivity index is 2.15. The number of carbonyl (C=O) groups excluding carboxylic acids is 2. The second kappa shape index (κ2) is 8.93. The average Bonchev–Trinajstić information content (AvgIpc) is 2.67. The molecule has 0 heterocycles. The maximum Gasteiger partial charge on any atom is 0.154 e. The number of hydrogen-bond donors (Lipinski definition) is 1. The lowest BCUT2D eigenvalue weighted by Crippen LogP contribution is -2.41. The highest BCUT2D eigenvalue weighted by Gasteiger charge is 2.42. The maximum absolute atomic E-state index is 12.2. The van der Waals surface area contributed by atoms with Crippen LogP contribution < -0.4 is 4.74 Å². The van der Waals surface area contributed by atoms with Crippen molar-refractivity contribution in [1.29, 1.82) is 0 Å². The molecule has 1 aliphatic rings. The van der Waals surface area contributed by atoms with Crippen LogP contribution >= 0.6 is 0 Å². The van der Waals surface area contributed by atoms with Gasteiger partial charge >= 0.3 is 0 Å². The van der Waals surface area contributed by atoms with Crippen LogP contribution in [0.25, 0.3) is 0 Å². The van der Waals surface area contributed by atoms with Crippen molar-refractivity contribution >= 4 is 12.1 Å². The number of methoxy groups -OCH3 is 1. The van der Waals surface area contributed by atoms with E-state index in [9.17, 15) is 14.7 Å². The predicted molar refractivity (Wildman–Crippen MR) is 112 cm³/mol. The van der Waals surface area contributed by atoms with E-state index in [0.717, 1.165) is 19.3 Å².